The highest BCUT2D eigenvalue weighted by molar-refractivity contribution is 6.03. The maximum absolute atomic E-state index is 12.4. The van der Waals surface area contributed by atoms with Crippen LogP contribution in [0.15, 0.2) is 30.3 Å². The van der Waals surface area contributed by atoms with Crippen LogP contribution in [0.1, 0.15) is 102 Å². The fourth-order valence-corrected chi connectivity index (χ4v) is 6.36. The lowest BCUT2D eigenvalue weighted by atomic mass is 9.80. The number of carbonyl (C=O) groups is 2. The maximum Gasteiger partial charge on any atom is 0.163 e. The Labute approximate surface area is 191 Å². The van der Waals surface area contributed by atoms with Crippen LogP contribution in [0.4, 0.5) is 0 Å². The van der Waals surface area contributed by atoms with Crippen molar-refractivity contribution in [2.75, 3.05) is 7.11 Å². The van der Waals surface area contributed by atoms with Crippen molar-refractivity contribution in [3.63, 3.8) is 0 Å². The topological polar surface area (TPSA) is 43.4 Å². The molecular formula is C29H34O3. The highest BCUT2D eigenvalue weighted by Gasteiger charge is 2.30. The first kappa shape index (κ1) is 21.6. The van der Waals surface area contributed by atoms with Crippen molar-refractivity contribution in [2.24, 2.45) is 5.92 Å². The number of ketones is 2. The Bertz CT molecular complexity index is 1040. The van der Waals surface area contributed by atoms with E-state index >= 15 is 0 Å². The molecule has 3 aliphatic rings. The molecule has 0 aliphatic heterocycles. The van der Waals surface area contributed by atoms with Crippen molar-refractivity contribution in [2.45, 2.75) is 83.2 Å². The van der Waals surface area contributed by atoms with Crippen molar-refractivity contribution < 1.29 is 14.3 Å². The van der Waals surface area contributed by atoms with Crippen LogP contribution in [-0.2, 0) is 17.6 Å². The molecule has 2 aromatic carbocycles. The van der Waals surface area contributed by atoms with E-state index in [9.17, 15) is 9.59 Å². The third-order valence-corrected chi connectivity index (χ3v) is 8.28. The monoisotopic (exact) mass is 430 g/mol. The molecule has 0 spiro atoms. The fraction of sp³-hybridized carbons (Fsp3) is 0.517. The summed E-state index contributed by atoms with van der Waals surface area (Å²) in [6.07, 6.45) is 11.5. The molecule has 3 aliphatic carbocycles. The highest BCUT2D eigenvalue weighted by Crippen LogP contribution is 2.45. The van der Waals surface area contributed by atoms with Crippen LogP contribution < -0.4 is 0 Å². The van der Waals surface area contributed by atoms with Gasteiger partial charge in [0.25, 0.3) is 0 Å². The van der Waals surface area contributed by atoms with Crippen molar-refractivity contribution >= 4 is 11.6 Å². The maximum atomic E-state index is 12.4. The number of methoxy groups -OCH3 is 1. The van der Waals surface area contributed by atoms with Gasteiger partial charge in [0.2, 0.25) is 0 Å². The lowest BCUT2D eigenvalue weighted by Crippen LogP contribution is -2.20. The Morgan fingerprint density at radius 1 is 0.938 bits per heavy atom. The van der Waals surface area contributed by atoms with E-state index in [1.807, 2.05) is 19.2 Å². The summed E-state index contributed by atoms with van der Waals surface area (Å²) in [5.41, 5.74) is 8.09. The average Bonchev–Trinajstić information content (AvgIpc) is 3.11. The van der Waals surface area contributed by atoms with Crippen LogP contribution in [-0.4, -0.2) is 24.8 Å². The molecule has 168 valence electrons. The smallest absolute Gasteiger partial charge is 0.163 e. The molecule has 32 heavy (non-hydrogen) atoms. The Balaban J connectivity index is 1.48. The highest BCUT2D eigenvalue weighted by atomic mass is 16.5. The normalized spacial score (nSPS) is 24.4. The minimum Gasteiger partial charge on any atom is -0.381 e. The predicted molar refractivity (Wildman–Crippen MR) is 128 cm³/mol. The summed E-state index contributed by atoms with van der Waals surface area (Å²) in [4.78, 5) is 24.7. The third kappa shape index (κ3) is 3.96. The van der Waals surface area contributed by atoms with E-state index < -0.39 is 0 Å². The molecule has 5 rings (SSSR count). The lowest BCUT2D eigenvalue weighted by Gasteiger charge is -2.29. The number of hydrogen-bond acceptors (Lipinski definition) is 3. The molecule has 0 radical (unpaired) electrons. The van der Waals surface area contributed by atoms with Gasteiger partial charge < -0.3 is 4.74 Å². The minimum atomic E-state index is 0.105. The number of fused-ring (bicyclic) bond motifs is 5. The van der Waals surface area contributed by atoms with Gasteiger partial charge in [-0.25, -0.2) is 0 Å². The Hall–Kier alpha value is -2.26. The SMILES string of the molecule is COC1CCC(CCC2CCc3ccc4c(c3-c3cc(C(C)=O)ccc32)CCC4=O)CC1. The quantitative estimate of drug-likeness (QED) is 0.496. The number of aryl methyl sites for hydroxylation is 1. The second kappa shape index (κ2) is 8.94. The summed E-state index contributed by atoms with van der Waals surface area (Å²) >= 11 is 0. The van der Waals surface area contributed by atoms with Crippen molar-refractivity contribution in [1.82, 2.24) is 0 Å². The second-order valence-electron chi connectivity index (χ2n) is 10.1. The molecule has 0 bridgehead atoms. The molecule has 3 nitrogen and oxygen atoms in total. The van der Waals surface area contributed by atoms with Gasteiger partial charge in [-0.3, -0.25) is 9.59 Å². The van der Waals surface area contributed by atoms with Crippen molar-refractivity contribution in [3.05, 3.63) is 58.1 Å². The van der Waals surface area contributed by atoms with Gasteiger partial charge in [-0.1, -0.05) is 24.3 Å². The van der Waals surface area contributed by atoms with E-state index in [1.165, 1.54) is 66.3 Å². The number of rotatable bonds is 5. The summed E-state index contributed by atoms with van der Waals surface area (Å²) in [6.45, 7) is 1.64. The average molecular weight is 431 g/mol. The molecule has 0 heterocycles. The number of hydrogen-bond donors (Lipinski definition) is 0. The Morgan fingerprint density at radius 3 is 2.50 bits per heavy atom. The van der Waals surface area contributed by atoms with E-state index in [0.717, 1.165) is 36.3 Å². The molecule has 0 saturated heterocycles. The van der Waals surface area contributed by atoms with Crippen LogP contribution in [0.2, 0.25) is 0 Å². The number of ether oxygens (including phenoxy) is 1. The third-order valence-electron chi connectivity index (χ3n) is 8.28. The summed E-state index contributed by atoms with van der Waals surface area (Å²) < 4.78 is 5.56. The standard InChI is InChI=1S/C29H34O3/c1-18(30)22-10-13-24-20(6-3-19-4-11-23(32-2)12-5-19)7-8-21-9-14-25-26(15-16-28(25)31)29(21)27(24)17-22/h9-10,13-14,17,19-20,23H,3-8,11-12,15-16H2,1-2H3. The number of carbonyl (C=O) groups excluding carboxylic acids is 2. The first-order valence-corrected chi connectivity index (χ1v) is 12.4. The first-order chi connectivity index (χ1) is 15.5. The largest absolute Gasteiger partial charge is 0.381 e. The van der Waals surface area contributed by atoms with Gasteiger partial charge in [0.15, 0.2) is 11.6 Å². The van der Waals surface area contributed by atoms with Crippen LogP contribution >= 0.6 is 0 Å². The molecule has 3 heteroatoms. The van der Waals surface area contributed by atoms with Gasteiger partial charge in [-0.05, 0) is 110 Å². The van der Waals surface area contributed by atoms with Crippen LogP contribution in [0, 0.1) is 5.92 Å². The molecule has 1 atom stereocenters. The molecular weight excluding hydrogens is 396 g/mol. The first-order valence-electron chi connectivity index (χ1n) is 12.4. The molecule has 1 unspecified atom stereocenters. The van der Waals surface area contributed by atoms with Gasteiger partial charge in [0.1, 0.15) is 0 Å². The summed E-state index contributed by atoms with van der Waals surface area (Å²) in [5, 5.41) is 0. The number of benzene rings is 2. The van der Waals surface area contributed by atoms with Crippen LogP contribution in [0.3, 0.4) is 0 Å². The zero-order valence-electron chi connectivity index (χ0n) is 19.4. The fourth-order valence-electron chi connectivity index (χ4n) is 6.36. The van der Waals surface area contributed by atoms with E-state index in [1.54, 1.807) is 6.92 Å². The summed E-state index contributed by atoms with van der Waals surface area (Å²) in [7, 11) is 1.84. The molecule has 1 fully saturated rings. The van der Waals surface area contributed by atoms with Crippen molar-refractivity contribution in [1.29, 1.82) is 0 Å². The van der Waals surface area contributed by atoms with Crippen molar-refractivity contribution in [3.8, 4) is 11.1 Å². The summed E-state index contributed by atoms with van der Waals surface area (Å²) in [6, 6.07) is 10.6. The Kier molecular flexibility index (Phi) is 6.03. The number of Topliss-reactive ketones (excluding diaryl/α,β-unsaturated/α-hetero) is 2. The minimum absolute atomic E-state index is 0.105. The van der Waals surface area contributed by atoms with E-state index in [-0.39, 0.29) is 11.6 Å². The van der Waals surface area contributed by atoms with E-state index in [2.05, 4.69) is 18.2 Å². The zero-order chi connectivity index (χ0) is 22.2. The second-order valence-corrected chi connectivity index (χ2v) is 10.1. The van der Waals surface area contributed by atoms with Gasteiger partial charge in [-0.15, -0.1) is 0 Å². The molecule has 2 aromatic rings. The molecule has 0 N–H and O–H groups in total. The van der Waals surface area contributed by atoms with E-state index in [0.29, 0.717) is 18.4 Å². The van der Waals surface area contributed by atoms with Gasteiger partial charge in [-0.2, -0.15) is 0 Å². The zero-order valence-corrected chi connectivity index (χ0v) is 19.4. The molecule has 1 saturated carbocycles. The predicted octanol–water partition coefficient (Wildman–Crippen LogP) is 6.70. The van der Waals surface area contributed by atoms with Crippen LogP contribution in [0.25, 0.3) is 11.1 Å². The molecule has 0 aromatic heterocycles. The Morgan fingerprint density at radius 2 is 1.75 bits per heavy atom. The lowest BCUT2D eigenvalue weighted by molar-refractivity contribution is 0.0549. The van der Waals surface area contributed by atoms with Gasteiger partial charge >= 0.3 is 0 Å². The van der Waals surface area contributed by atoms with E-state index in [4.69, 9.17) is 4.74 Å². The summed E-state index contributed by atoms with van der Waals surface area (Å²) in [5.74, 6) is 1.67. The van der Waals surface area contributed by atoms with Crippen LogP contribution in [0.5, 0.6) is 0 Å². The molecule has 0 amide bonds. The van der Waals surface area contributed by atoms with Gasteiger partial charge in [0, 0.05) is 24.7 Å². The van der Waals surface area contributed by atoms with Gasteiger partial charge in [0.05, 0.1) is 6.10 Å².